The third-order valence-electron chi connectivity index (χ3n) is 4.82. The van der Waals surface area contributed by atoms with Crippen LogP contribution in [-0.2, 0) is 13.1 Å². The van der Waals surface area contributed by atoms with Crippen LogP contribution in [-0.4, -0.2) is 29.8 Å². The van der Waals surface area contributed by atoms with Crippen molar-refractivity contribution in [3.63, 3.8) is 0 Å². The van der Waals surface area contributed by atoms with Gasteiger partial charge in [-0.3, -0.25) is 10.1 Å². The van der Waals surface area contributed by atoms with E-state index in [1.807, 2.05) is 54.3 Å². The second-order valence-corrected chi connectivity index (χ2v) is 6.95. The number of aromatic nitrogens is 6. The Bertz CT molecular complexity index is 1270. The summed E-state index contributed by atoms with van der Waals surface area (Å²) in [4.78, 5) is 8.90. The zero-order valence-corrected chi connectivity index (χ0v) is 15.9. The summed E-state index contributed by atoms with van der Waals surface area (Å²) < 4.78 is 1.83. The molecule has 0 spiro atoms. The van der Waals surface area contributed by atoms with E-state index in [9.17, 15) is 0 Å². The number of hydrogen-bond donors (Lipinski definition) is 3. The Labute approximate surface area is 167 Å². The van der Waals surface area contributed by atoms with Gasteiger partial charge in [-0.15, -0.1) is 0 Å². The molecule has 0 bridgehead atoms. The molecule has 144 valence electrons. The van der Waals surface area contributed by atoms with Crippen LogP contribution in [0.25, 0.3) is 16.6 Å². The van der Waals surface area contributed by atoms with Gasteiger partial charge >= 0.3 is 0 Å². The van der Waals surface area contributed by atoms with Crippen LogP contribution in [0.2, 0.25) is 0 Å². The van der Waals surface area contributed by atoms with E-state index < -0.39 is 0 Å². The van der Waals surface area contributed by atoms with Crippen LogP contribution >= 0.6 is 0 Å². The molecule has 1 aromatic carbocycles. The maximum atomic E-state index is 4.74. The van der Waals surface area contributed by atoms with Crippen molar-refractivity contribution < 1.29 is 0 Å². The van der Waals surface area contributed by atoms with Gasteiger partial charge in [-0.25, -0.2) is 4.98 Å². The van der Waals surface area contributed by atoms with Gasteiger partial charge in [-0.05, 0) is 36.2 Å². The van der Waals surface area contributed by atoms with E-state index in [2.05, 4.69) is 43.0 Å². The van der Waals surface area contributed by atoms with Gasteiger partial charge in [0.25, 0.3) is 0 Å². The quantitative estimate of drug-likeness (QED) is 0.414. The zero-order valence-electron chi connectivity index (χ0n) is 15.9. The molecular weight excluding hydrogens is 364 g/mol. The van der Waals surface area contributed by atoms with Crippen LogP contribution in [0.5, 0.6) is 0 Å². The zero-order chi connectivity index (χ0) is 19.6. The fourth-order valence-electron chi connectivity index (χ4n) is 3.28. The lowest BCUT2D eigenvalue weighted by atomic mass is 10.1. The van der Waals surface area contributed by atoms with Gasteiger partial charge < -0.3 is 10.6 Å². The Morgan fingerprint density at radius 2 is 1.93 bits per heavy atom. The van der Waals surface area contributed by atoms with Crippen LogP contribution in [0.4, 0.5) is 11.6 Å². The number of nitrogens with zero attached hydrogens (tertiary/aromatic N) is 5. The van der Waals surface area contributed by atoms with E-state index in [0.29, 0.717) is 13.1 Å². The molecule has 0 atom stereocenters. The maximum absolute atomic E-state index is 4.74. The van der Waals surface area contributed by atoms with Crippen LogP contribution < -0.4 is 10.6 Å². The summed E-state index contributed by atoms with van der Waals surface area (Å²) in [7, 11) is 0. The number of aryl methyl sites for hydroxylation is 1. The van der Waals surface area contributed by atoms with Gasteiger partial charge in [0.2, 0.25) is 0 Å². The number of rotatable bonds is 6. The average molecular weight is 384 g/mol. The molecule has 0 saturated carbocycles. The highest BCUT2D eigenvalue weighted by molar-refractivity contribution is 5.78. The molecule has 0 aliphatic heterocycles. The molecule has 5 rings (SSSR count). The second kappa shape index (κ2) is 7.23. The summed E-state index contributed by atoms with van der Waals surface area (Å²) in [6, 6.07) is 12.2. The lowest BCUT2D eigenvalue weighted by Crippen LogP contribution is -2.09. The number of hydrogen-bond acceptors (Lipinski definition) is 6. The van der Waals surface area contributed by atoms with Gasteiger partial charge in [-0.1, -0.05) is 12.1 Å². The molecule has 3 N–H and O–H groups in total. The standard InChI is InChI=1S/C21H20N8/c1-14-9-26-29-20(24-12-16-3-2-6-22-10-16)8-19(27-21(14)29)23-11-15-4-5-18-17(7-15)13-25-28-18/h2-10,13,24H,11-12H2,1H3,(H,23,27)(H,25,28). The predicted octanol–water partition coefficient (Wildman–Crippen LogP) is 3.53. The van der Waals surface area contributed by atoms with E-state index >= 15 is 0 Å². The maximum Gasteiger partial charge on any atom is 0.162 e. The lowest BCUT2D eigenvalue weighted by molar-refractivity contribution is 0.922. The summed E-state index contributed by atoms with van der Waals surface area (Å²) in [5, 5.41) is 19.5. The number of H-pyrrole nitrogens is 1. The largest absolute Gasteiger partial charge is 0.366 e. The Hall–Kier alpha value is -3.94. The molecule has 0 unspecified atom stereocenters. The van der Waals surface area contributed by atoms with E-state index in [4.69, 9.17) is 4.98 Å². The number of pyridine rings is 1. The lowest BCUT2D eigenvalue weighted by Gasteiger charge is -2.12. The van der Waals surface area contributed by atoms with Crippen molar-refractivity contribution in [2.24, 2.45) is 0 Å². The summed E-state index contributed by atoms with van der Waals surface area (Å²) >= 11 is 0. The summed E-state index contributed by atoms with van der Waals surface area (Å²) in [5.41, 5.74) is 5.15. The van der Waals surface area contributed by atoms with Crippen molar-refractivity contribution >= 4 is 28.2 Å². The molecule has 4 heterocycles. The van der Waals surface area contributed by atoms with Gasteiger partial charge in [0.15, 0.2) is 5.65 Å². The van der Waals surface area contributed by atoms with Crippen molar-refractivity contribution in [1.29, 1.82) is 0 Å². The van der Waals surface area contributed by atoms with Crippen LogP contribution in [0.3, 0.4) is 0 Å². The third kappa shape index (κ3) is 3.47. The minimum atomic E-state index is 0.655. The second-order valence-electron chi connectivity index (χ2n) is 6.95. The monoisotopic (exact) mass is 384 g/mol. The average Bonchev–Trinajstić information content (AvgIpc) is 3.38. The van der Waals surface area contributed by atoms with Crippen molar-refractivity contribution in [2.75, 3.05) is 10.6 Å². The number of anilines is 2. The van der Waals surface area contributed by atoms with E-state index in [1.54, 1.807) is 6.20 Å². The van der Waals surface area contributed by atoms with E-state index in [0.717, 1.165) is 44.9 Å². The van der Waals surface area contributed by atoms with Crippen molar-refractivity contribution in [1.82, 2.24) is 29.8 Å². The first-order chi connectivity index (χ1) is 14.3. The van der Waals surface area contributed by atoms with Crippen LogP contribution in [0.1, 0.15) is 16.7 Å². The number of benzene rings is 1. The molecule has 0 aliphatic rings. The molecule has 0 saturated heterocycles. The Balaban J connectivity index is 1.40. The molecule has 4 aromatic heterocycles. The topological polar surface area (TPSA) is 95.8 Å². The summed E-state index contributed by atoms with van der Waals surface area (Å²) in [6.45, 7) is 3.33. The van der Waals surface area contributed by atoms with Gasteiger partial charge in [-0.2, -0.15) is 14.7 Å². The Morgan fingerprint density at radius 1 is 1.00 bits per heavy atom. The molecular formula is C21H20N8. The normalized spacial score (nSPS) is 11.2. The predicted molar refractivity (Wildman–Crippen MR) is 113 cm³/mol. The molecule has 0 fully saturated rings. The smallest absolute Gasteiger partial charge is 0.162 e. The van der Waals surface area contributed by atoms with Gasteiger partial charge in [0.1, 0.15) is 11.6 Å². The van der Waals surface area contributed by atoms with Gasteiger partial charge in [0.05, 0.1) is 17.9 Å². The number of fused-ring (bicyclic) bond motifs is 2. The summed E-state index contributed by atoms with van der Waals surface area (Å²) in [5.74, 6) is 1.67. The van der Waals surface area contributed by atoms with Crippen molar-refractivity contribution in [2.45, 2.75) is 20.0 Å². The first-order valence-electron chi connectivity index (χ1n) is 9.40. The number of nitrogens with one attached hydrogen (secondary N) is 3. The Morgan fingerprint density at radius 3 is 2.83 bits per heavy atom. The third-order valence-corrected chi connectivity index (χ3v) is 4.82. The molecule has 8 nitrogen and oxygen atoms in total. The molecule has 0 aliphatic carbocycles. The first kappa shape index (κ1) is 17.2. The van der Waals surface area contributed by atoms with Crippen LogP contribution in [0.15, 0.2) is 61.2 Å². The minimum Gasteiger partial charge on any atom is -0.366 e. The molecule has 5 aromatic rings. The number of aromatic amines is 1. The SMILES string of the molecule is Cc1cnn2c(NCc3cccnc3)cc(NCc3ccc4[nH]ncc4c3)nc12. The Kier molecular flexibility index (Phi) is 4.28. The summed E-state index contributed by atoms with van der Waals surface area (Å²) in [6.07, 6.45) is 7.28. The highest BCUT2D eigenvalue weighted by Crippen LogP contribution is 2.20. The van der Waals surface area contributed by atoms with Crippen molar-refractivity contribution in [3.8, 4) is 0 Å². The minimum absolute atomic E-state index is 0.655. The van der Waals surface area contributed by atoms with Crippen molar-refractivity contribution in [3.05, 3.63) is 77.9 Å². The highest BCUT2D eigenvalue weighted by Gasteiger charge is 2.10. The van der Waals surface area contributed by atoms with Gasteiger partial charge in [0, 0.05) is 42.5 Å². The molecule has 0 radical (unpaired) electrons. The highest BCUT2D eigenvalue weighted by atomic mass is 15.3. The van der Waals surface area contributed by atoms with E-state index in [-0.39, 0.29) is 0 Å². The fraction of sp³-hybridized carbons (Fsp3) is 0.143. The first-order valence-corrected chi connectivity index (χ1v) is 9.40. The molecule has 0 amide bonds. The molecule has 29 heavy (non-hydrogen) atoms. The molecule has 8 heteroatoms. The van der Waals surface area contributed by atoms with E-state index in [1.165, 1.54) is 0 Å². The fourth-order valence-corrected chi connectivity index (χ4v) is 3.28. The van der Waals surface area contributed by atoms with Crippen LogP contribution in [0, 0.1) is 6.92 Å².